The summed E-state index contributed by atoms with van der Waals surface area (Å²) in [4.78, 5) is 13.5. The smallest absolute Gasteiger partial charge is 0.302 e. The third-order valence-corrected chi connectivity index (χ3v) is 3.52. The summed E-state index contributed by atoms with van der Waals surface area (Å²) in [5, 5.41) is 0. The Bertz CT molecular complexity index is 377. The third-order valence-electron chi connectivity index (χ3n) is 3.52. The first kappa shape index (κ1) is 12.2. The molecule has 2 aliphatic rings. The number of piperidine rings is 1. The molecule has 2 rings (SSSR count). The van der Waals surface area contributed by atoms with E-state index >= 15 is 0 Å². The third kappa shape index (κ3) is 2.70. The van der Waals surface area contributed by atoms with Crippen LogP contribution in [-0.4, -0.2) is 35.6 Å². The summed E-state index contributed by atoms with van der Waals surface area (Å²) in [7, 11) is 0. The molecule has 2 aliphatic heterocycles. The lowest BCUT2D eigenvalue weighted by molar-refractivity contribution is -0.153. The van der Waals surface area contributed by atoms with E-state index in [9.17, 15) is 4.79 Å². The molecule has 0 aromatic carbocycles. The predicted molar refractivity (Wildman–Crippen MR) is 66.3 cm³/mol. The Balaban J connectivity index is 2.11. The van der Waals surface area contributed by atoms with Crippen molar-refractivity contribution in [3.63, 3.8) is 0 Å². The van der Waals surface area contributed by atoms with Crippen molar-refractivity contribution >= 4 is 5.97 Å². The Morgan fingerprint density at radius 1 is 1.53 bits per heavy atom. The summed E-state index contributed by atoms with van der Waals surface area (Å²) < 4.78 is 5.42. The summed E-state index contributed by atoms with van der Waals surface area (Å²) in [5.74, 6) is 5.88. The maximum absolute atomic E-state index is 11.1. The van der Waals surface area contributed by atoms with Crippen LogP contribution in [0.15, 0.2) is 12.2 Å². The molecule has 3 atom stereocenters. The fourth-order valence-corrected chi connectivity index (χ4v) is 2.78. The van der Waals surface area contributed by atoms with Crippen molar-refractivity contribution in [1.29, 1.82) is 0 Å². The van der Waals surface area contributed by atoms with Crippen molar-refractivity contribution in [2.75, 3.05) is 6.54 Å². The molecule has 0 aromatic rings. The number of hydrogen-bond donors (Lipinski definition) is 0. The monoisotopic (exact) mass is 233 g/mol. The molecule has 0 aliphatic carbocycles. The first-order valence-electron chi connectivity index (χ1n) is 6.21. The van der Waals surface area contributed by atoms with Gasteiger partial charge in [-0.1, -0.05) is 18.1 Å². The van der Waals surface area contributed by atoms with Gasteiger partial charge in [0.15, 0.2) is 0 Å². The summed E-state index contributed by atoms with van der Waals surface area (Å²) in [6.07, 6.45) is 7.48. The van der Waals surface area contributed by atoms with Gasteiger partial charge >= 0.3 is 5.97 Å². The second-order valence-corrected chi connectivity index (χ2v) is 4.62. The van der Waals surface area contributed by atoms with Crippen LogP contribution in [0, 0.1) is 11.8 Å². The summed E-state index contributed by atoms with van der Waals surface area (Å²) in [6.45, 7) is 4.12. The number of ether oxygens (including phenoxy) is 1. The molecule has 0 radical (unpaired) electrons. The summed E-state index contributed by atoms with van der Waals surface area (Å²) in [6, 6.07) is 0.782. The van der Waals surface area contributed by atoms with Gasteiger partial charge in [0.05, 0.1) is 12.6 Å². The van der Waals surface area contributed by atoms with E-state index in [2.05, 4.69) is 28.9 Å². The molecule has 0 spiro atoms. The molecule has 2 bridgehead atoms. The molecule has 92 valence electrons. The van der Waals surface area contributed by atoms with Crippen LogP contribution in [0.3, 0.4) is 0 Å². The van der Waals surface area contributed by atoms with Gasteiger partial charge in [0, 0.05) is 13.0 Å². The van der Waals surface area contributed by atoms with Crippen LogP contribution in [-0.2, 0) is 9.53 Å². The van der Waals surface area contributed by atoms with Crippen LogP contribution < -0.4 is 0 Å². The van der Waals surface area contributed by atoms with Crippen molar-refractivity contribution in [3.8, 4) is 11.8 Å². The highest BCUT2D eigenvalue weighted by Crippen LogP contribution is 2.31. The molecule has 1 unspecified atom stereocenters. The Morgan fingerprint density at radius 2 is 2.35 bits per heavy atom. The first-order chi connectivity index (χ1) is 8.22. The molecule has 0 saturated carbocycles. The Labute approximate surface area is 103 Å². The van der Waals surface area contributed by atoms with Crippen LogP contribution in [0.5, 0.6) is 0 Å². The zero-order valence-corrected chi connectivity index (χ0v) is 10.5. The second kappa shape index (κ2) is 5.37. The maximum atomic E-state index is 11.1. The van der Waals surface area contributed by atoms with Crippen molar-refractivity contribution < 1.29 is 9.53 Å². The lowest BCUT2D eigenvalue weighted by atomic mass is 9.87. The molecule has 1 fully saturated rings. The van der Waals surface area contributed by atoms with Crippen LogP contribution in [0.25, 0.3) is 0 Å². The van der Waals surface area contributed by atoms with E-state index in [4.69, 9.17) is 4.74 Å². The molecular weight excluding hydrogens is 214 g/mol. The van der Waals surface area contributed by atoms with E-state index in [0.29, 0.717) is 12.1 Å². The first-order valence-corrected chi connectivity index (χ1v) is 6.21. The minimum Gasteiger partial charge on any atom is -0.461 e. The maximum Gasteiger partial charge on any atom is 0.302 e. The van der Waals surface area contributed by atoms with Crippen molar-refractivity contribution in [1.82, 2.24) is 4.90 Å². The van der Waals surface area contributed by atoms with Gasteiger partial charge in [-0.05, 0) is 26.2 Å². The second-order valence-electron chi connectivity index (χ2n) is 4.62. The van der Waals surface area contributed by atoms with Crippen molar-refractivity contribution in [2.24, 2.45) is 0 Å². The van der Waals surface area contributed by atoms with Gasteiger partial charge in [-0.2, -0.15) is 0 Å². The van der Waals surface area contributed by atoms with Gasteiger partial charge in [0.1, 0.15) is 6.10 Å². The molecule has 17 heavy (non-hydrogen) atoms. The number of fused-ring (bicyclic) bond motifs is 2. The number of rotatable bonds is 2. The van der Waals surface area contributed by atoms with Gasteiger partial charge in [-0.15, -0.1) is 5.92 Å². The highest BCUT2D eigenvalue weighted by Gasteiger charge is 2.38. The van der Waals surface area contributed by atoms with Gasteiger partial charge in [-0.3, -0.25) is 9.69 Å². The van der Waals surface area contributed by atoms with E-state index in [-0.39, 0.29) is 12.1 Å². The van der Waals surface area contributed by atoms with Crippen LogP contribution >= 0.6 is 0 Å². The number of carbonyl (C=O) groups excluding carboxylic acids is 1. The predicted octanol–water partition coefficient (Wildman–Crippen LogP) is 1.73. The van der Waals surface area contributed by atoms with Crippen LogP contribution in [0.1, 0.15) is 33.1 Å². The zero-order chi connectivity index (χ0) is 12.3. The average molecular weight is 233 g/mol. The molecule has 3 nitrogen and oxygen atoms in total. The molecular formula is C14H19NO2. The lowest BCUT2D eigenvalue weighted by Crippen LogP contribution is -2.55. The standard InChI is InChI=1S/C14H19NO2/c1-3-4-10-15-12-6-5-7-13(15)14(9-8-12)17-11(2)16/h5-6,12-14H,7-10H2,1-2H3/t12?,13-,14-/m0/s1. The van der Waals surface area contributed by atoms with E-state index in [1.54, 1.807) is 0 Å². The van der Waals surface area contributed by atoms with Crippen LogP contribution in [0.4, 0.5) is 0 Å². The van der Waals surface area contributed by atoms with Gasteiger partial charge < -0.3 is 4.74 Å². The Kier molecular flexibility index (Phi) is 3.86. The topological polar surface area (TPSA) is 29.5 Å². The van der Waals surface area contributed by atoms with Gasteiger partial charge in [0.25, 0.3) is 0 Å². The average Bonchev–Trinajstić information content (AvgIpc) is 2.29. The molecule has 0 aromatic heterocycles. The number of hydrogen-bond acceptors (Lipinski definition) is 3. The number of esters is 1. The van der Waals surface area contributed by atoms with Gasteiger partial charge in [-0.25, -0.2) is 0 Å². The van der Waals surface area contributed by atoms with E-state index < -0.39 is 0 Å². The van der Waals surface area contributed by atoms with Crippen LogP contribution in [0.2, 0.25) is 0 Å². The summed E-state index contributed by atoms with van der Waals surface area (Å²) >= 11 is 0. The molecule has 1 saturated heterocycles. The van der Waals surface area contributed by atoms with Gasteiger partial charge in [0.2, 0.25) is 0 Å². The van der Waals surface area contributed by atoms with Crippen molar-refractivity contribution in [2.45, 2.75) is 51.3 Å². The SMILES string of the molecule is CC#CCN1C2C=CC[C@H]1[C@@H](OC(C)=O)CC2. The summed E-state index contributed by atoms with van der Waals surface area (Å²) in [5.41, 5.74) is 0. The normalized spacial score (nSPS) is 31.5. The molecule has 2 heterocycles. The Hall–Kier alpha value is -1.27. The quantitative estimate of drug-likeness (QED) is 0.413. The molecule has 0 N–H and O–H groups in total. The minimum absolute atomic E-state index is 0.0346. The fourth-order valence-electron chi connectivity index (χ4n) is 2.78. The minimum atomic E-state index is -0.176. The number of nitrogens with zero attached hydrogens (tertiary/aromatic N) is 1. The highest BCUT2D eigenvalue weighted by atomic mass is 16.5. The van der Waals surface area contributed by atoms with E-state index in [0.717, 1.165) is 25.8 Å². The number of carbonyl (C=O) groups is 1. The van der Waals surface area contributed by atoms with Crippen molar-refractivity contribution in [3.05, 3.63) is 12.2 Å². The molecule has 0 amide bonds. The molecule has 3 heteroatoms. The highest BCUT2D eigenvalue weighted by molar-refractivity contribution is 5.66. The fraction of sp³-hybridized carbons (Fsp3) is 0.643. The van der Waals surface area contributed by atoms with E-state index in [1.807, 2.05) is 6.92 Å². The Morgan fingerprint density at radius 3 is 3.06 bits per heavy atom. The zero-order valence-electron chi connectivity index (χ0n) is 10.5. The lowest BCUT2D eigenvalue weighted by Gasteiger charge is -2.46. The van der Waals surface area contributed by atoms with E-state index in [1.165, 1.54) is 6.92 Å². The largest absolute Gasteiger partial charge is 0.461 e.